The van der Waals surface area contributed by atoms with Gasteiger partial charge >= 0.3 is 12.5 Å². The Morgan fingerprint density at radius 1 is 0.974 bits per heavy atom. The topological polar surface area (TPSA) is 88.9 Å². The first-order chi connectivity index (χ1) is 18.0. The molecule has 0 bridgehead atoms. The number of hydrogen-bond acceptors (Lipinski definition) is 6. The Hall–Kier alpha value is -4.18. The van der Waals surface area contributed by atoms with E-state index in [0.717, 1.165) is 22.4 Å². The maximum atomic E-state index is 12.7. The number of benzene rings is 3. The smallest absolute Gasteiger partial charge is 0.387 e. The van der Waals surface area contributed by atoms with Crippen LogP contribution in [-0.4, -0.2) is 28.0 Å². The summed E-state index contributed by atoms with van der Waals surface area (Å²) in [5, 5.41) is 0. The minimum absolute atomic E-state index is 0.0254. The quantitative estimate of drug-likeness (QED) is 0.284. The number of halogens is 2. The molecule has 1 aromatic heterocycles. The van der Waals surface area contributed by atoms with E-state index in [1.807, 2.05) is 36.2 Å². The molecule has 0 spiro atoms. The number of anilines is 1. The fraction of sp³-hybridized carbons (Fsp3) is 0.179. The summed E-state index contributed by atoms with van der Waals surface area (Å²) in [6, 6.07) is 22.0. The van der Waals surface area contributed by atoms with E-state index >= 15 is 0 Å². The van der Waals surface area contributed by atoms with Gasteiger partial charge in [0.25, 0.3) is 10.0 Å². The van der Waals surface area contributed by atoms with Gasteiger partial charge in [0.15, 0.2) is 5.76 Å². The highest BCUT2D eigenvalue weighted by atomic mass is 32.2. The van der Waals surface area contributed by atoms with E-state index < -0.39 is 22.5 Å². The lowest BCUT2D eigenvalue weighted by Gasteiger charge is -2.19. The minimum atomic E-state index is -4.05. The number of carbonyl (C=O) groups excluding carboxylic acids is 1. The summed E-state index contributed by atoms with van der Waals surface area (Å²) in [5.41, 5.74) is 3.89. The number of amides is 1. The maximum Gasteiger partial charge on any atom is 0.387 e. The summed E-state index contributed by atoms with van der Waals surface area (Å²) in [7, 11) is -2.18. The van der Waals surface area contributed by atoms with Gasteiger partial charge in [-0.15, -0.1) is 0 Å². The van der Waals surface area contributed by atoms with E-state index in [0.29, 0.717) is 17.9 Å². The second-order valence-corrected chi connectivity index (χ2v) is 10.3. The zero-order valence-electron chi connectivity index (χ0n) is 20.9. The van der Waals surface area contributed by atoms with Crippen LogP contribution in [0.2, 0.25) is 0 Å². The highest BCUT2D eigenvalue weighted by molar-refractivity contribution is 7.90. The van der Waals surface area contributed by atoms with E-state index in [1.54, 1.807) is 44.2 Å². The van der Waals surface area contributed by atoms with Crippen LogP contribution < -0.4 is 14.4 Å². The van der Waals surface area contributed by atoms with Crippen molar-refractivity contribution in [2.75, 3.05) is 11.9 Å². The highest BCUT2D eigenvalue weighted by Gasteiger charge is 2.23. The number of furan rings is 1. The molecule has 198 valence electrons. The molecule has 0 atom stereocenters. The molecule has 7 nitrogen and oxygen atoms in total. The van der Waals surface area contributed by atoms with Crippen molar-refractivity contribution >= 4 is 21.6 Å². The highest BCUT2D eigenvalue weighted by Crippen LogP contribution is 2.27. The van der Waals surface area contributed by atoms with Gasteiger partial charge < -0.3 is 14.1 Å². The van der Waals surface area contributed by atoms with Gasteiger partial charge in [0.1, 0.15) is 11.5 Å². The SMILES string of the molecule is Cc1ccccc1S(=O)(=O)NC(=O)c1cc(CN(C)c2ccc(-c3ccc(OC(F)F)cc3)cc2)c(C)o1. The molecule has 1 amide bonds. The predicted octanol–water partition coefficient (Wildman–Crippen LogP) is 5.92. The van der Waals surface area contributed by atoms with Gasteiger partial charge in [-0.3, -0.25) is 4.79 Å². The second kappa shape index (κ2) is 11.1. The molecule has 0 saturated carbocycles. The third kappa shape index (κ3) is 6.20. The Bertz CT molecular complexity index is 1530. The summed E-state index contributed by atoms with van der Waals surface area (Å²) < 4.78 is 62.1. The van der Waals surface area contributed by atoms with Gasteiger partial charge in [0.2, 0.25) is 0 Å². The lowest BCUT2D eigenvalue weighted by atomic mass is 10.0. The van der Waals surface area contributed by atoms with Crippen molar-refractivity contribution < 1.29 is 31.1 Å². The van der Waals surface area contributed by atoms with Crippen LogP contribution in [0.25, 0.3) is 11.1 Å². The molecular weight excluding hydrogens is 514 g/mol. The molecule has 0 unspecified atom stereocenters. The number of alkyl halides is 2. The van der Waals surface area contributed by atoms with E-state index in [1.165, 1.54) is 24.3 Å². The van der Waals surface area contributed by atoms with Gasteiger partial charge in [-0.2, -0.15) is 8.78 Å². The van der Waals surface area contributed by atoms with Crippen molar-refractivity contribution in [2.45, 2.75) is 31.9 Å². The van der Waals surface area contributed by atoms with E-state index in [-0.39, 0.29) is 16.4 Å². The lowest BCUT2D eigenvalue weighted by Crippen LogP contribution is -2.30. The fourth-order valence-corrected chi connectivity index (χ4v) is 5.16. The zero-order chi connectivity index (χ0) is 27.4. The first-order valence-electron chi connectivity index (χ1n) is 11.6. The minimum Gasteiger partial charge on any atom is -0.456 e. The number of nitrogens with zero attached hydrogens (tertiary/aromatic N) is 1. The monoisotopic (exact) mass is 540 g/mol. The van der Waals surface area contributed by atoms with Crippen molar-refractivity contribution in [1.29, 1.82) is 0 Å². The Kier molecular flexibility index (Phi) is 7.82. The van der Waals surface area contributed by atoms with Gasteiger partial charge in [0, 0.05) is 24.8 Å². The van der Waals surface area contributed by atoms with Crippen LogP contribution >= 0.6 is 0 Å². The largest absolute Gasteiger partial charge is 0.456 e. The normalized spacial score (nSPS) is 11.4. The molecule has 0 aliphatic heterocycles. The van der Waals surface area contributed by atoms with Crippen LogP contribution in [0.4, 0.5) is 14.5 Å². The molecular formula is C28H26F2N2O5S. The van der Waals surface area contributed by atoms with Crippen molar-refractivity contribution in [2.24, 2.45) is 0 Å². The van der Waals surface area contributed by atoms with Crippen LogP contribution in [0.1, 0.15) is 27.4 Å². The number of ether oxygens (including phenoxy) is 1. The molecule has 10 heteroatoms. The number of rotatable bonds is 9. The average molecular weight is 541 g/mol. The molecule has 0 aliphatic carbocycles. The maximum absolute atomic E-state index is 12.7. The number of nitrogens with one attached hydrogen (secondary N) is 1. The summed E-state index contributed by atoms with van der Waals surface area (Å²) in [6.45, 7) is 0.900. The summed E-state index contributed by atoms with van der Waals surface area (Å²) in [5.74, 6) is -0.355. The molecule has 0 aliphatic rings. The summed E-state index contributed by atoms with van der Waals surface area (Å²) >= 11 is 0. The number of sulfonamides is 1. The van der Waals surface area contributed by atoms with Crippen LogP contribution in [0, 0.1) is 13.8 Å². The van der Waals surface area contributed by atoms with Crippen molar-refractivity contribution in [3.05, 3.63) is 102 Å². The van der Waals surface area contributed by atoms with Gasteiger partial charge in [-0.25, -0.2) is 13.1 Å². The number of aryl methyl sites for hydroxylation is 2. The molecule has 0 fully saturated rings. The van der Waals surface area contributed by atoms with Crippen LogP contribution in [0.5, 0.6) is 5.75 Å². The summed E-state index contributed by atoms with van der Waals surface area (Å²) in [4.78, 5) is 14.6. The standard InChI is InChI=1S/C28H26F2N2O5S/c1-18-6-4-5-7-26(18)38(34,35)31-27(33)25-16-22(19(2)36-25)17-32(3)23-12-8-20(9-13-23)21-10-14-24(15-11-21)37-28(29)30/h4-16,28H,17H2,1-3H3,(H,31,33). The molecule has 4 aromatic rings. The van der Waals surface area contributed by atoms with Gasteiger partial charge in [-0.1, -0.05) is 42.5 Å². The first kappa shape index (κ1) is 26.9. The van der Waals surface area contributed by atoms with Crippen LogP contribution in [0.3, 0.4) is 0 Å². The van der Waals surface area contributed by atoms with Crippen molar-refractivity contribution in [3.8, 4) is 16.9 Å². The first-order valence-corrected chi connectivity index (χ1v) is 13.1. The summed E-state index contributed by atoms with van der Waals surface area (Å²) in [6.07, 6.45) is 0. The van der Waals surface area contributed by atoms with Crippen molar-refractivity contribution in [3.63, 3.8) is 0 Å². The lowest BCUT2D eigenvalue weighted by molar-refractivity contribution is -0.0498. The van der Waals surface area contributed by atoms with Gasteiger partial charge in [-0.05, 0) is 66.9 Å². The molecule has 1 N–H and O–H groups in total. The Labute approximate surface area is 219 Å². The molecule has 0 saturated heterocycles. The van der Waals surface area contributed by atoms with Gasteiger partial charge in [0.05, 0.1) is 4.90 Å². The molecule has 1 heterocycles. The predicted molar refractivity (Wildman–Crippen MR) is 140 cm³/mol. The number of hydrogen-bond donors (Lipinski definition) is 1. The van der Waals surface area contributed by atoms with Crippen LogP contribution in [-0.2, 0) is 16.6 Å². The molecule has 0 radical (unpaired) electrons. The molecule has 3 aromatic carbocycles. The van der Waals surface area contributed by atoms with E-state index in [2.05, 4.69) is 9.46 Å². The van der Waals surface area contributed by atoms with E-state index in [4.69, 9.17) is 4.42 Å². The second-order valence-electron chi connectivity index (χ2n) is 8.70. The van der Waals surface area contributed by atoms with E-state index in [9.17, 15) is 22.0 Å². The molecule has 4 rings (SSSR count). The Morgan fingerprint density at radius 2 is 1.58 bits per heavy atom. The fourth-order valence-electron chi connectivity index (χ4n) is 3.96. The molecule has 38 heavy (non-hydrogen) atoms. The van der Waals surface area contributed by atoms with Crippen molar-refractivity contribution in [1.82, 2.24) is 4.72 Å². The Balaban J connectivity index is 1.43. The average Bonchev–Trinajstić information content (AvgIpc) is 3.24. The third-order valence-corrected chi connectivity index (χ3v) is 7.47. The third-order valence-electron chi connectivity index (χ3n) is 5.98. The Morgan fingerprint density at radius 3 is 2.18 bits per heavy atom. The van der Waals surface area contributed by atoms with Crippen LogP contribution in [0.15, 0.2) is 88.2 Å². The number of carbonyl (C=O) groups is 1. The zero-order valence-corrected chi connectivity index (χ0v) is 21.8.